The van der Waals surface area contributed by atoms with Crippen LogP contribution in [0.3, 0.4) is 0 Å². The zero-order valence-corrected chi connectivity index (χ0v) is 14.7. The third-order valence-corrected chi connectivity index (χ3v) is 5.01. The molecule has 122 valence electrons. The first kappa shape index (κ1) is 16.5. The highest BCUT2D eigenvalue weighted by atomic mass is 35.5. The van der Waals surface area contributed by atoms with E-state index in [9.17, 15) is 0 Å². The number of benzene rings is 2. The van der Waals surface area contributed by atoms with Gasteiger partial charge >= 0.3 is 0 Å². The van der Waals surface area contributed by atoms with Gasteiger partial charge in [-0.2, -0.15) is 0 Å². The van der Waals surface area contributed by atoms with E-state index in [1.165, 1.54) is 22.3 Å². The van der Waals surface area contributed by atoms with Crippen LogP contribution >= 0.6 is 11.6 Å². The van der Waals surface area contributed by atoms with Gasteiger partial charge in [-0.05, 0) is 55.0 Å². The molecule has 1 fully saturated rings. The number of rotatable bonds is 3. The first-order chi connectivity index (χ1) is 11.0. The molecule has 0 aromatic heterocycles. The van der Waals surface area contributed by atoms with Crippen molar-refractivity contribution in [1.29, 1.82) is 0 Å². The van der Waals surface area contributed by atoms with Crippen molar-refractivity contribution in [3.63, 3.8) is 0 Å². The van der Waals surface area contributed by atoms with Crippen LogP contribution in [-0.2, 0) is 6.54 Å². The lowest BCUT2D eigenvalue weighted by Gasteiger charge is -2.37. The second-order valence-electron chi connectivity index (χ2n) is 6.87. The van der Waals surface area contributed by atoms with E-state index in [4.69, 9.17) is 17.3 Å². The van der Waals surface area contributed by atoms with E-state index >= 15 is 0 Å². The van der Waals surface area contributed by atoms with Crippen molar-refractivity contribution < 1.29 is 0 Å². The Labute approximate surface area is 144 Å². The lowest BCUT2D eigenvalue weighted by molar-refractivity contribution is 0.181. The van der Waals surface area contributed by atoms with Gasteiger partial charge in [0.15, 0.2) is 0 Å². The topological polar surface area (TPSA) is 29.3 Å². The van der Waals surface area contributed by atoms with E-state index in [1.54, 1.807) is 0 Å². The minimum atomic E-state index is 0.220. The highest BCUT2D eigenvalue weighted by Gasteiger charge is 2.26. The molecule has 0 aliphatic carbocycles. The predicted molar refractivity (Wildman–Crippen MR) is 98.0 cm³/mol. The molecule has 2 aromatic carbocycles. The van der Waals surface area contributed by atoms with Gasteiger partial charge in [0.05, 0.1) is 0 Å². The SMILES string of the molecule is Cc1ccc(C)c(CN2CC(N)CC(c3cccc(Cl)c3)C2)c1. The average Bonchev–Trinajstić information content (AvgIpc) is 2.50. The fourth-order valence-corrected chi connectivity index (χ4v) is 3.77. The predicted octanol–water partition coefficient (Wildman–Crippen LogP) is 4.27. The maximum absolute atomic E-state index is 6.34. The van der Waals surface area contributed by atoms with Gasteiger partial charge in [-0.25, -0.2) is 0 Å². The summed E-state index contributed by atoms with van der Waals surface area (Å²) < 4.78 is 0. The van der Waals surface area contributed by atoms with Crippen molar-refractivity contribution >= 4 is 11.6 Å². The van der Waals surface area contributed by atoms with Crippen molar-refractivity contribution in [2.24, 2.45) is 5.73 Å². The largest absolute Gasteiger partial charge is 0.327 e. The molecular weight excluding hydrogens is 304 g/mol. The van der Waals surface area contributed by atoms with Gasteiger partial charge in [-0.1, -0.05) is 47.5 Å². The molecular formula is C20H25ClN2. The minimum Gasteiger partial charge on any atom is -0.327 e. The molecule has 2 atom stereocenters. The maximum Gasteiger partial charge on any atom is 0.0408 e. The fraction of sp³-hybridized carbons (Fsp3) is 0.400. The highest BCUT2D eigenvalue weighted by Crippen LogP contribution is 2.29. The summed E-state index contributed by atoms with van der Waals surface area (Å²) in [6.07, 6.45) is 1.03. The smallest absolute Gasteiger partial charge is 0.0408 e. The van der Waals surface area contributed by atoms with Gasteiger partial charge < -0.3 is 5.73 Å². The number of piperidine rings is 1. The summed E-state index contributed by atoms with van der Waals surface area (Å²) in [6.45, 7) is 7.32. The first-order valence-electron chi connectivity index (χ1n) is 8.31. The summed E-state index contributed by atoms with van der Waals surface area (Å²) in [7, 11) is 0. The Hall–Kier alpha value is -1.35. The summed E-state index contributed by atoms with van der Waals surface area (Å²) in [4.78, 5) is 2.49. The van der Waals surface area contributed by atoms with Crippen LogP contribution in [0.25, 0.3) is 0 Å². The summed E-state index contributed by atoms with van der Waals surface area (Å²) in [5.41, 5.74) is 11.7. The molecule has 0 saturated carbocycles. The number of hydrogen-bond acceptors (Lipinski definition) is 2. The van der Waals surface area contributed by atoms with Gasteiger partial charge in [0.25, 0.3) is 0 Å². The van der Waals surface area contributed by atoms with Crippen LogP contribution in [0.1, 0.15) is 34.6 Å². The van der Waals surface area contributed by atoms with Crippen LogP contribution in [0.4, 0.5) is 0 Å². The number of nitrogens with zero attached hydrogens (tertiary/aromatic N) is 1. The Morgan fingerprint density at radius 1 is 1.13 bits per heavy atom. The van der Waals surface area contributed by atoms with Crippen LogP contribution in [-0.4, -0.2) is 24.0 Å². The number of aryl methyl sites for hydroxylation is 2. The summed E-state index contributed by atoms with van der Waals surface area (Å²) in [5.74, 6) is 0.461. The van der Waals surface area contributed by atoms with Crippen molar-refractivity contribution in [2.75, 3.05) is 13.1 Å². The molecule has 3 rings (SSSR count). The van der Waals surface area contributed by atoms with E-state index in [0.717, 1.165) is 31.1 Å². The molecule has 0 amide bonds. The van der Waals surface area contributed by atoms with Crippen molar-refractivity contribution in [3.05, 3.63) is 69.7 Å². The van der Waals surface area contributed by atoms with Crippen molar-refractivity contribution in [2.45, 2.75) is 38.8 Å². The molecule has 1 heterocycles. The van der Waals surface area contributed by atoms with Crippen molar-refractivity contribution in [1.82, 2.24) is 4.90 Å². The van der Waals surface area contributed by atoms with Crippen LogP contribution < -0.4 is 5.73 Å². The lowest BCUT2D eigenvalue weighted by Crippen LogP contribution is -2.45. The lowest BCUT2D eigenvalue weighted by atomic mass is 9.88. The second-order valence-corrected chi connectivity index (χ2v) is 7.31. The number of likely N-dealkylation sites (tertiary alicyclic amines) is 1. The van der Waals surface area contributed by atoms with Gasteiger partial charge in [-0.3, -0.25) is 4.90 Å². The Kier molecular flexibility index (Phi) is 5.05. The van der Waals surface area contributed by atoms with Crippen LogP contribution in [0.2, 0.25) is 5.02 Å². The standard InChI is InChI=1S/C20H25ClN2/c1-14-6-7-15(2)17(8-14)11-23-12-18(10-20(22)13-23)16-4-3-5-19(21)9-16/h3-9,18,20H,10-13,22H2,1-2H3. The monoisotopic (exact) mass is 328 g/mol. The average molecular weight is 329 g/mol. The first-order valence-corrected chi connectivity index (χ1v) is 8.68. The Bertz CT molecular complexity index is 683. The van der Waals surface area contributed by atoms with Crippen molar-refractivity contribution in [3.8, 4) is 0 Å². The Morgan fingerprint density at radius 3 is 2.74 bits per heavy atom. The fourth-order valence-electron chi connectivity index (χ4n) is 3.57. The summed E-state index contributed by atoms with van der Waals surface area (Å²) in [6, 6.07) is 15.1. The number of hydrogen-bond donors (Lipinski definition) is 1. The minimum absolute atomic E-state index is 0.220. The zero-order valence-electron chi connectivity index (χ0n) is 13.9. The molecule has 2 nitrogen and oxygen atoms in total. The molecule has 0 radical (unpaired) electrons. The van der Waals surface area contributed by atoms with E-state index in [0.29, 0.717) is 5.92 Å². The van der Waals surface area contributed by atoms with E-state index in [2.05, 4.69) is 49.1 Å². The highest BCUT2D eigenvalue weighted by molar-refractivity contribution is 6.30. The van der Waals surface area contributed by atoms with Gasteiger partial charge in [0, 0.05) is 30.7 Å². The summed E-state index contributed by atoms with van der Waals surface area (Å²) >= 11 is 6.16. The van der Waals surface area contributed by atoms with Crippen LogP contribution in [0, 0.1) is 13.8 Å². The quantitative estimate of drug-likeness (QED) is 0.911. The number of nitrogens with two attached hydrogens (primary N) is 1. The van der Waals surface area contributed by atoms with Gasteiger partial charge in [-0.15, -0.1) is 0 Å². The van der Waals surface area contributed by atoms with E-state index < -0.39 is 0 Å². The van der Waals surface area contributed by atoms with E-state index in [-0.39, 0.29) is 6.04 Å². The molecule has 2 N–H and O–H groups in total. The van der Waals surface area contributed by atoms with Crippen LogP contribution in [0.15, 0.2) is 42.5 Å². The molecule has 1 saturated heterocycles. The van der Waals surface area contributed by atoms with Gasteiger partial charge in [0.1, 0.15) is 0 Å². The molecule has 0 spiro atoms. The zero-order chi connectivity index (χ0) is 16.4. The Morgan fingerprint density at radius 2 is 1.96 bits per heavy atom. The second kappa shape index (κ2) is 7.04. The third kappa shape index (κ3) is 4.14. The molecule has 2 aromatic rings. The van der Waals surface area contributed by atoms with Crippen LogP contribution in [0.5, 0.6) is 0 Å². The molecule has 2 unspecified atom stereocenters. The molecule has 3 heteroatoms. The summed E-state index contributed by atoms with van der Waals surface area (Å²) in [5, 5.41) is 0.808. The molecule has 1 aliphatic rings. The van der Waals surface area contributed by atoms with Gasteiger partial charge in [0.2, 0.25) is 0 Å². The molecule has 23 heavy (non-hydrogen) atoms. The molecule has 0 bridgehead atoms. The van der Waals surface area contributed by atoms with E-state index in [1.807, 2.05) is 12.1 Å². The maximum atomic E-state index is 6.34. The third-order valence-electron chi connectivity index (χ3n) is 4.78. The Balaban J connectivity index is 1.76. The molecule has 1 aliphatic heterocycles. The normalized spacial score (nSPS) is 22.3. The number of halogens is 1.